The van der Waals surface area contributed by atoms with Crippen molar-refractivity contribution < 1.29 is 38.3 Å². The van der Waals surface area contributed by atoms with Crippen molar-refractivity contribution in [2.75, 3.05) is 66.1 Å². The highest BCUT2D eigenvalue weighted by molar-refractivity contribution is 5.81. The van der Waals surface area contributed by atoms with Gasteiger partial charge in [-0.3, -0.25) is 0 Å². The Bertz CT molecular complexity index is 680. The predicted octanol–water partition coefficient (Wildman–Crippen LogP) is 4.86. The maximum atomic E-state index is 10.8. The molecule has 0 aliphatic heterocycles. The molecule has 0 amide bonds. The van der Waals surface area contributed by atoms with E-state index in [-0.39, 0.29) is 12.4 Å². The Kier molecular flexibility index (Phi) is 20.6. The van der Waals surface area contributed by atoms with E-state index >= 15 is 0 Å². The predicted molar refractivity (Wildman–Crippen MR) is 140 cm³/mol. The number of carbonyl (C=O) groups excluding carboxylic acids is 1. The minimum atomic E-state index is -0.457. The number of rotatable bonds is 25. The number of esters is 1. The molecule has 0 bridgehead atoms. The normalized spacial score (nSPS) is 10.9. The van der Waals surface area contributed by atoms with Gasteiger partial charge in [0.05, 0.1) is 52.9 Å². The molecule has 8 nitrogen and oxygen atoms in total. The second kappa shape index (κ2) is 23.3. The summed E-state index contributed by atoms with van der Waals surface area (Å²) in [6.45, 7) is 9.57. The smallest absolute Gasteiger partial charge is 0.330 e. The molecule has 0 spiro atoms. The van der Waals surface area contributed by atoms with Crippen molar-refractivity contribution in [2.45, 2.75) is 58.3 Å². The van der Waals surface area contributed by atoms with Crippen molar-refractivity contribution in [3.63, 3.8) is 0 Å². The summed E-state index contributed by atoms with van der Waals surface area (Å²) in [5.74, 6) is 0.207. The summed E-state index contributed by atoms with van der Waals surface area (Å²) in [7, 11) is 0. The Balaban J connectivity index is 1.91. The van der Waals surface area contributed by atoms with E-state index < -0.39 is 5.97 Å². The molecule has 1 aromatic carbocycles. The van der Waals surface area contributed by atoms with Crippen molar-refractivity contribution in [3.8, 4) is 11.5 Å². The van der Waals surface area contributed by atoms with Gasteiger partial charge in [0.25, 0.3) is 0 Å². The van der Waals surface area contributed by atoms with Crippen LogP contribution in [0.5, 0.6) is 11.5 Å². The second-order valence-electron chi connectivity index (χ2n) is 8.34. The Hall–Kier alpha value is -2.13. The Morgan fingerprint density at radius 2 is 1.31 bits per heavy atom. The highest BCUT2D eigenvalue weighted by Crippen LogP contribution is 2.27. The van der Waals surface area contributed by atoms with E-state index in [0.717, 1.165) is 24.5 Å². The lowest BCUT2D eigenvalue weighted by Crippen LogP contribution is -2.14. The fourth-order valence-electron chi connectivity index (χ4n) is 3.36. The zero-order chi connectivity index (χ0) is 26.1. The van der Waals surface area contributed by atoms with Crippen molar-refractivity contribution in [1.29, 1.82) is 0 Å². The fourth-order valence-corrected chi connectivity index (χ4v) is 3.36. The van der Waals surface area contributed by atoms with E-state index in [9.17, 15) is 9.90 Å². The van der Waals surface area contributed by atoms with E-state index in [1.165, 1.54) is 38.5 Å². The largest absolute Gasteiger partial charge is 0.504 e. The third-order valence-corrected chi connectivity index (χ3v) is 5.33. The molecular formula is C28H46O8. The van der Waals surface area contributed by atoms with Crippen molar-refractivity contribution >= 4 is 5.97 Å². The molecule has 36 heavy (non-hydrogen) atoms. The lowest BCUT2D eigenvalue weighted by atomic mass is 10.0. The summed E-state index contributed by atoms with van der Waals surface area (Å²) < 4.78 is 32.0. The van der Waals surface area contributed by atoms with Gasteiger partial charge >= 0.3 is 5.97 Å². The van der Waals surface area contributed by atoms with E-state index in [4.69, 9.17) is 28.4 Å². The van der Waals surface area contributed by atoms with Crippen LogP contribution in [0.2, 0.25) is 0 Å². The third kappa shape index (κ3) is 18.2. The van der Waals surface area contributed by atoms with E-state index in [2.05, 4.69) is 13.5 Å². The Morgan fingerprint density at radius 1 is 0.778 bits per heavy atom. The first-order valence-electron chi connectivity index (χ1n) is 13.2. The Morgan fingerprint density at radius 3 is 1.86 bits per heavy atom. The molecule has 0 radical (unpaired) electrons. The van der Waals surface area contributed by atoms with Crippen LogP contribution in [0.4, 0.5) is 0 Å². The van der Waals surface area contributed by atoms with E-state index in [1.807, 2.05) is 12.1 Å². The van der Waals surface area contributed by atoms with Crippen LogP contribution >= 0.6 is 0 Å². The first-order chi connectivity index (χ1) is 17.7. The first kappa shape index (κ1) is 31.9. The molecule has 0 aliphatic carbocycles. The molecule has 1 N–H and O–H groups in total. The van der Waals surface area contributed by atoms with Gasteiger partial charge in [0, 0.05) is 6.08 Å². The quantitative estimate of drug-likeness (QED) is 0.113. The average Bonchev–Trinajstić information content (AvgIpc) is 2.88. The molecule has 206 valence electrons. The van der Waals surface area contributed by atoms with Crippen LogP contribution in [0.1, 0.15) is 57.4 Å². The third-order valence-electron chi connectivity index (χ3n) is 5.33. The zero-order valence-electron chi connectivity index (χ0n) is 22.0. The van der Waals surface area contributed by atoms with Crippen LogP contribution in [0.25, 0.3) is 0 Å². The maximum Gasteiger partial charge on any atom is 0.330 e. The fraction of sp³-hybridized carbons (Fsp3) is 0.679. The molecular weight excluding hydrogens is 464 g/mol. The number of carbonyl (C=O) groups is 1. The number of ether oxygens (including phenoxy) is 6. The van der Waals surface area contributed by atoms with Gasteiger partial charge in [-0.05, 0) is 30.5 Å². The first-order valence-corrected chi connectivity index (χ1v) is 13.2. The van der Waals surface area contributed by atoms with Gasteiger partial charge in [0.15, 0.2) is 11.5 Å². The number of phenols is 1. The van der Waals surface area contributed by atoms with Crippen LogP contribution in [0.3, 0.4) is 0 Å². The molecule has 8 heteroatoms. The molecule has 0 aromatic heterocycles. The minimum absolute atomic E-state index is 0.181. The summed E-state index contributed by atoms with van der Waals surface area (Å²) in [5, 5.41) is 10.2. The lowest BCUT2D eigenvalue weighted by Gasteiger charge is -2.10. The molecule has 0 atom stereocenters. The molecule has 1 rings (SSSR count). The van der Waals surface area contributed by atoms with Crippen LogP contribution in [0.15, 0.2) is 30.9 Å². The molecule has 0 unspecified atom stereocenters. The van der Waals surface area contributed by atoms with Gasteiger partial charge < -0.3 is 33.5 Å². The summed E-state index contributed by atoms with van der Waals surface area (Å²) >= 11 is 0. The van der Waals surface area contributed by atoms with Crippen LogP contribution in [0, 0.1) is 0 Å². The lowest BCUT2D eigenvalue weighted by molar-refractivity contribution is -0.139. The number of aromatic hydroxyl groups is 1. The summed E-state index contributed by atoms with van der Waals surface area (Å²) in [5.41, 5.74) is 1.14. The maximum absolute atomic E-state index is 10.8. The molecule has 0 saturated carbocycles. The highest BCUT2D eigenvalue weighted by Gasteiger charge is 2.04. The van der Waals surface area contributed by atoms with Gasteiger partial charge in [-0.1, -0.05) is 58.1 Å². The molecule has 0 fully saturated rings. The number of phenolic OH excluding ortho intramolecular Hbond substituents is 1. The molecule has 0 aliphatic rings. The molecule has 0 saturated heterocycles. The van der Waals surface area contributed by atoms with Gasteiger partial charge in [0.2, 0.25) is 0 Å². The number of benzene rings is 1. The molecule has 0 heterocycles. The second-order valence-corrected chi connectivity index (χ2v) is 8.34. The van der Waals surface area contributed by atoms with Crippen LogP contribution in [-0.4, -0.2) is 77.1 Å². The number of aryl methyl sites for hydroxylation is 1. The molecule has 1 aromatic rings. The minimum Gasteiger partial charge on any atom is -0.504 e. The zero-order valence-corrected chi connectivity index (χ0v) is 22.0. The van der Waals surface area contributed by atoms with E-state index in [1.54, 1.807) is 6.07 Å². The van der Waals surface area contributed by atoms with Crippen molar-refractivity contribution in [3.05, 3.63) is 36.4 Å². The SMILES string of the molecule is C=CC(=O)OCCOCCOCCOCCOCCOc1ccc(CCCCCCCCC)cc1O. The van der Waals surface area contributed by atoms with Crippen molar-refractivity contribution in [2.24, 2.45) is 0 Å². The average molecular weight is 511 g/mol. The summed E-state index contributed by atoms with van der Waals surface area (Å²) in [6.07, 6.45) is 11.1. The summed E-state index contributed by atoms with van der Waals surface area (Å²) in [6, 6.07) is 5.66. The summed E-state index contributed by atoms with van der Waals surface area (Å²) in [4.78, 5) is 10.8. The van der Waals surface area contributed by atoms with E-state index in [0.29, 0.717) is 65.2 Å². The van der Waals surface area contributed by atoms with Gasteiger partial charge in [-0.15, -0.1) is 0 Å². The van der Waals surface area contributed by atoms with Gasteiger partial charge in [-0.2, -0.15) is 0 Å². The Labute approximate surface area is 216 Å². The van der Waals surface area contributed by atoms with Crippen LogP contribution < -0.4 is 4.74 Å². The topological polar surface area (TPSA) is 92.7 Å². The van der Waals surface area contributed by atoms with Crippen molar-refractivity contribution in [1.82, 2.24) is 0 Å². The highest BCUT2D eigenvalue weighted by atomic mass is 16.6. The standard InChI is InChI=1S/C28H46O8/c1-3-5-6-7-8-9-10-11-25-12-13-27(26(29)24-25)35-22-20-33-18-16-31-14-15-32-17-19-34-21-23-36-28(30)4-2/h4,12-13,24,29H,2-3,5-11,14-23H2,1H3. The van der Waals surface area contributed by atoms with Gasteiger partial charge in [0.1, 0.15) is 13.2 Å². The number of hydrogen-bond acceptors (Lipinski definition) is 8. The number of unbranched alkanes of at least 4 members (excludes halogenated alkanes) is 6. The van der Waals surface area contributed by atoms with Crippen LogP contribution in [-0.2, 0) is 34.9 Å². The number of hydrogen-bond donors (Lipinski definition) is 1. The van der Waals surface area contributed by atoms with Gasteiger partial charge in [-0.25, -0.2) is 4.79 Å². The monoisotopic (exact) mass is 510 g/mol.